The minimum atomic E-state index is -1.54. The van der Waals surface area contributed by atoms with Crippen molar-refractivity contribution in [3.63, 3.8) is 0 Å². The molecule has 0 bridgehead atoms. The van der Waals surface area contributed by atoms with E-state index in [1.54, 1.807) is 20.0 Å². The third-order valence-corrected chi connectivity index (χ3v) is 8.42. The molecule has 2 heterocycles. The molecule has 4 N–H and O–H groups in total. The fraction of sp³-hybridized carbons (Fsp3) is 0.606. The summed E-state index contributed by atoms with van der Waals surface area (Å²) in [5.41, 5.74) is 0.871. The second-order valence-electron chi connectivity index (χ2n) is 12.9. The van der Waals surface area contributed by atoms with E-state index in [2.05, 4.69) is 20.9 Å². The number of nitrogens with zero attached hydrogens (tertiary/aromatic N) is 2. The SMILES string of the molecule is CC(C)CC(NC(=O)C(Cc1ccccc1)C1Nc2nccn2C1=O)C(=O)NC(CC1CCCCC1)C(O)C(=O)OC(C)C. The maximum atomic E-state index is 14.0. The Bertz CT molecular complexity index is 1270. The van der Waals surface area contributed by atoms with E-state index in [1.807, 2.05) is 44.2 Å². The maximum Gasteiger partial charge on any atom is 0.337 e. The molecule has 1 saturated carbocycles. The zero-order valence-corrected chi connectivity index (χ0v) is 26.2. The Balaban J connectivity index is 1.54. The van der Waals surface area contributed by atoms with Gasteiger partial charge in [-0.2, -0.15) is 0 Å². The van der Waals surface area contributed by atoms with Crippen molar-refractivity contribution in [3.05, 3.63) is 48.3 Å². The van der Waals surface area contributed by atoms with Gasteiger partial charge in [-0.05, 0) is 50.5 Å². The summed E-state index contributed by atoms with van der Waals surface area (Å²) >= 11 is 0. The number of aliphatic hydroxyl groups is 1. The van der Waals surface area contributed by atoms with Crippen LogP contribution < -0.4 is 16.0 Å². The lowest BCUT2D eigenvalue weighted by atomic mass is 9.83. The van der Waals surface area contributed by atoms with Crippen LogP contribution in [0.3, 0.4) is 0 Å². The number of anilines is 1. The zero-order valence-electron chi connectivity index (χ0n) is 26.2. The average Bonchev–Trinajstić information content (AvgIpc) is 3.57. The fourth-order valence-electron chi connectivity index (χ4n) is 6.22. The second kappa shape index (κ2) is 15.3. The lowest BCUT2D eigenvalue weighted by Crippen LogP contribution is -2.57. The summed E-state index contributed by atoms with van der Waals surface area (Å²) < 4.78 is 6.66. The van der Waals surface area contributed by atoms with Gasteiger partial charge in [0.15, 0.2) is 6.10 Å². The number of rotatable bonds is 14. The molecule has 1 aliphatic carbocycles. The van der Waals surface area contributed by atoms with Crippen molar-refractivity contribution < 1.29 is 29.0 Å². The zero-order chi connectivity index (χ0) is 31.8. The first-order valence-corrected chi connectivity index (χ1v) is 15.9. The van der Waals surface area contributed by atoms with E-state index in [1.165, 1.54) is 10.8 Å². The molecule has 4 rings (SSSR count). The van der Waals surface area contributed by atoms with Gasteiger partial charge in [-0.15, -0.1) is 0 Å². The highest BCUT2D eigenvalue weighted by molar-refractivity contribution is 5.98. The van der Waals surface area contributed by atoms with Gasteiger partial charge in [0.1, 0.15) is 12.1 Å². The van der Waals surface area contributed by atoms with Gasteiger partial charge in [-0.1, -0.05) is 76.3 Å². The molecule has 2 aliphatic rings. The highest BCUT2D eigenvalue weighted by Gasteiger charge is 2.42. The summed E-state index contributed by atoms with van der Waals surface area (Å²) in [5.74, 6) is -2.17. The number of hydrogen-bond acceptors (Lipinski definition) is 8. The van der Waals surface area contributed by atoms with Crippen molar-refractivity contribution in [3.8, 4) is 0 Å². The molecule has 1 fully saturated rings. The predicted octanol–water partition coefficient (Wildman–Crippen LogP) is 3.47. The van der Waals surface area contributed by atoms with Crippen molar-refractivity contribution in [1.82, 2.24) is 20.2 Å². The van der Waals surface area contributed by atoms with E-state index in [0.29, 0.717) is 18.8 Å². The van der Waals surface area contributed by atoms with Crippen LogP contribution in [-0.2, 0) is 25.5 Å². The molecule has 11 heteroatoms. The topological polar surface area (TPSA) is 152 Å². The number of fused-ring (bicyclic) bond motifs is 1. The Morgan fingerprint density at radius 3 is 2.39 bits per heavy atom. The summed E-state index contributed by atoms with van der Waals surface area (Å²) in [5, 5.41) is 19.9. The number of aliphatic hydroxyl groups excluding tert-OH is 1. The Labute approximate surface area is 259 Å². The van der Waals surface area contributed by atoms with Crippen LogP contribution in [0.5, 0.6) is 0 Å². The van der Waals surface area contributed by atoms with E-state index < -0.39 is 54.0 Å². The normalized spacial score (nSPS) is 19.5. The molecule has 0 saturated heterocycles. The number of aromatic nitrogens is 2. The molecule has 0 spiro atoms. The molecule has 2 aromatic rings. The van der Waals surface area contributed by atoms with Crippen LogP contribution in [0.15, 0.2) is 42.7 Å². The number of hydrogen-bond donors (Lipinski definition) is 4. The van der Waals surface area contributed by atoms with Gasteiger partial charge in [0, 0.05) is 12.4 Å². The van der Waals surface area contributed by atoms with Gasteiger partial charge in [0.05, 0.1) is 18.1 Å². The van der Waals surface area contributed by atoms with Crippen molar-refractivity contribution in [2.45, 2.75) is 109 Å². The molecular weight excluding hydrogens is 562 g/mol. The lowest BCUT2D eigenvalue weighted by molar-refractivity contribution is -0.159. The van der Waals surface area contributed by atoms with Crippen LogP contribution in [-0.4, -0.2) is 68.7 Å². The largest absolute Gasteiger partial charge is 0.461 e. The van der Waals surface area contributed by atoms with E-state index in [9.17, 15) is 24.3 Å². The van der Waals surface area contributed by atoms with Crippen LogP contribution >= 0.6 is 0 Å². The van der Waals surface area contributed by atoms with Gasteiger partial charge >= 0.3 is 5.97 Å². The highest BCUT2D eigenvalue weighted by Crippen LogP contribution is 2.29. The predicted molar refractivity (Wildman–Crippen MR) is 166 cm³/mol. The minimum absolute atomic E-state index is 0.0439. The molecular formula is C33H47N5O6. The van der Waals surface area contributed by atoms with Crippen molar-refractivity contribution in [1.29, 1.82) is 0 Å². The van der Waals surface area contributed by atoms with E-state index in [-0.39, 0.29) is 24.2 Å². The second-order valence-corrected chi connectivity index (χ2v) is 12.9. The van der Waals surface area contributed by atoms with Crippen LogP contribution in [0, 0.1) is 17.8 Å². The Kier molecular flexibility index (Phi) is 11.5. The maximum absolute atomic E-state index is 14.0. The monoisotopic (exact) mass is 609 g/mol. The first kappa shape index (κ1) is 33.2. The van der Waals surface area contributed by atoms with Crippen molar-refractivity contribution in [2.75, 3.05) is 5.32 Å². The Morgan fingerprint density at radius 1 is 1.05 bits per heavy atom. The number of imidazole rings is 1. The first-order valence-electron chi connectivity index (χ1n) is 15.9. The van der Waals surface area contributed by atoms with E-state index in [0.717, 1.165) is 37.7 Å². The molecule has 5 unspecified atom stereocenters. The fourth-order valence-corrected chi connectivity index (χ4v) is 6.22. The third kappa shape index (κ3) is 8.68. The smallest absolute Gasteiger partial charge is 0.337 e. The highest BCUT2D eigenvalue weighted by atomic mass is 16.6. The van der Waals surface area contributed by atoms with Gasteiger partial charge < -0.3 is 25.8 Å². The molecule has 1 aliphatic heterocycles. The van der Waals surface area contributed by atoms with E-state index in [4.69, 9.17) is 4.74 Å². The molecule has 240 valence electrons. The average molecular weight is 610 g/mol. The number of benzene rings is 1. The Hall–Kier alpha value is -3.73. The summed E-state index contributed by atoms with van der Waals surface area (Å²) in [6, 6.07) is 6.73. The van der Waals surface area contributed by atoms with Crippen LogP contribution in [0.4, 0.5) is 5.95 Å². The summed E-state index contributed by atoms with van der Waals surface area (Å²) in [6.07, 6.45) is 7.36. The number of carbonyl (C=O) groups is 4. The lowest BCUT2D eigenvalue weighted by Gasteiger charge is -2.31. The number of carbonyl (C=O) groups excluding carboxylic acids is 4. The summed E-state index contributed by atoms with van der Waals surface area (Å²) in [4.78, 5) is 58.0. The van der Waals surface area contributed by atoms with E-state index >= 15 is 0 Å². The molecule has 1 aromatic carbocycles. The number of ether oxygens (including phenoxy) is 1. The van der Waals surface area contributed by atoms with Crippen LogP contribution in [0.2, 0.25) is 0 Å². The summed E-state index contributed by atoms with van der Waals surface area (Å²) in [7, 11) is 0. The van der Waals surface area contributed by atoms with Gasteiger partial charge in [0.25, 0.3) is 5.91 Å². The van der Waals surface area contributed by atoms with Gasteiger partial charge in [-0.25, -0.2) is 9.78 Å². The first-order chi connectivity index (χ1) is 21.0. The van der Waals surface area contributed by atoms with Crippen molar-refractivity contribution in [2.24, 2.45) is 17.8 Å². The molecule has 5 atom stereocenters. The number of amides is 2. The molecule has 44 heavy (non-hydrogen) atoms. The van der Waals surface area contributed by atoms with Crippen LogP contribution in [0.1, 0.15) is 83.0 Å². The minimum Gasteiger partial charge on any atom is -0.461 e. The van der Waals surface area contributed by atoms with Gasteiger partial charge in [0.2, 0.25) is 17.8 Å². The molecule has 1 aromatic heterocycles. The molecule has 0 radical (unpaired) electrons. The standard InChI is InChI=1S/C33H47N5O6/c1-20(2)17-26(30(41)35-25(19-23-13-9-6-10-14-23)28(39)32(43)44-21(3)4)36-29(40)24(18-22-11-7-5-8-12-22)27-31(42)38-16-15-34-33(38)37-27/h5,7-8,11-12,15-16,20-21,23-28,39H,6,9-10,13-14,17-19H2,1-4H3,(H,34,37)(H,35,41)(H,36,40). The molecule has 11 nitrogen and oxygen atoms in total. The Morgan fingerprint density at radius 2 is 1.75 bits per heavy atom. The summed E-state index contributed by atoms with van der Waals surface area (Å²) in [6.45, 7) is 7.30. The van der Waals surface area contributed by atoms with Crippen LogP contribution in [0.25, 0.3) is 0 Å². The van der Waals surface area contributed by atoms with Crippen molar-refractivity contribution >= 4 is 29.6 Å². The number of nitrogens with one attached hydrogen (secondary N) is 3. The van der Waals surface area contributed by atoms with Gasteiger partial charge in [-0.3, -0.25) is 19.0 Å². The third-order valence-electron chi connectivity index (χ3n) is 8.42. The number of esters is 1. The quantitative estimate of drug-likeness (QED) is 0.238. The molecule has 2 amide bonds.